The summed E-state index contributed by atoms with van der Waals surface area (Å²) in [6.07, 6.45) is -0.443. The van der Waals surface area contributed by atoms with Gasteiger partial charge in [0.05, 0.1) is 39.6 Å². The van der Waals surface area contributed by atoms with E-state index < -0.39 is 47.9 Å². The second-order valence-corrected chi connectivity index (χ2v) is 8.55. The first kappa shape index (κ1) is 30.5. The Balaban J connectivity index is 1.48. The number of hydrogen-bond acceptors (Lipinski definition) is 12. The highest BCUT2D eigenvalue weighted by Gasteiger charge is 2.43. The van der Waals surface area contributed by atoms with Gasteiger partial charge in [0.1, 0.15) is 0 Å². The van der Waals surface area contributed by atoms with Gasteiger partial charge in [-0.25, -0.2) is 19.2 Å². The average Bonchev–Trinajstić information content (AvgIpc) is 2.86. The van der Waals surface area contributed by atoms with Crippen molar-refractivity contribution in [3.8, 4) is 0 Å². The molecule has 0 aromatic rings. The van der Waals surface area contributed by atoms with Crippen molar-refractivity contribution >= 4 is 24.1 Å². The lowest BCUT2D eigenvalue weighted by Crippen LogP contribution is -2.51. The van der Waals surface area contributed by atoms with Gasteiger partial charge < -0.3 is 48.5 Å². The first-order valence-corrected chi connectivity index (χ1v) is 12.4. The highest BCUT2D eigenvalue weighted by atomic mass is 16.8. The van der Waals surface area contributed by atoms with Gasteiger partial charge in [0.15, 0.2) is 12.2 Å². The van der Waals surface area contributed by atoms with Crippen molar-refractivity contribution in [2.24, 2.45) is 0 Å². The van der Waals surface area contributed by atoms with Crippen molar-refractivity contribution in [2.75, 3.05) is 52.7 Å². The van der Waals surface area contributed by atoms with Crippen molar-refractivity contribution in [3.63, 3.8) is 0 Å². The summed E-state index contributed by atoms with van der Waals surface area (Å²) in [7, 11) is 0. The Labute approximate surface area is 215 Å². The van der Waals surface area contributed by atoms with Crippen LogP contribution in [0.15, 0.2) is 0 Å². The van der Waals surface area contributed by atoms with Crippen LogP contribution in [-0.2, 0) is 47.5 Å². The first-order valence-electron chi connectivity index (χ1n) is 12.4. The maximum Gasteiger partial charge on any atom is 0.407 e. The molecule has 2 fully saturated rings. The molecule has 0 radical (unpaired) electrons. The van der Waals surface area contributed by atoms with Crippen LogP contribution < -0.4 is 10.6 Å². The van der Waals surface area contributed by atoms with Crippen LogP contribution in [0.1, 0.15) is 47.0 Å². The number of amides is 2. The van der Waals surface area contributed by atoms with E-state index in [0.717, 1.165) is 6.42 Å². The van der Waals surface area contributed by atoms with Crippen LogP contribution >= 0.6 is 0 Å². The highest BCUT2D eigenvalue weighted by molar-refractivity contribution is 5.78. The minimum absolute atomic E-state index is 0.00826. The quantitative estimate of drug-likeness (QED) is 0.207. The molecular weight excluding hydrogens is 496 g/mol. The molecule has 0 atom stereocenters. The number of carbonyl (C=O) groups is 4. The van der Waals surface area contributed by atoms with Gasteiger partial charge in [0, 0.05) is 26.9 Å². The zero-order valence-corrected chi connectivity index (χ0v) is 21.8. The van der Waals surface area contributed by atoms with E-state index in [1.807, 2.05) is 0 Å². The van der Waals surface area contributed by atoms with Crippen LogP contribution in [0.4, 0.5) is 9.59 Å². The third-order valence-corrected chi connectivity index (χ3v) is 5.41. The summed E-state index contributed by atoms with van der Waals surface area (Å²) in [4.78, 5) is 47.5. The van der Waals surface area contributed by atoms with Crippen LogP contribution in [0.3, 0.4) is 0 Å². The summed E-state index contributed by atoms with van der Waals surface area (Å²) >= 11 is 0. The Morgan fingerprint density at radius 1 is 0.676 bits per heavy atom. The molecule has 2 aliphatic heterocycles. The molecule has 2 saturated heterocycles. The van der Waals surface area contributed by atoms with Crippen molar-refractivity contribution in [3.05, 3.63) is 0 Å². The second-order valence-electron chi connectivity index (χ2n) is 8.55. The van der Waals surface area contributed by atoms with Gasteiger partial charge in [-0.1, -0.05) is 0 Å². The molecule has 0 aromatic carbocycles. The maximum atomic E-state index is 11.9. The third kappa shape index (κ3) is 9.95. The number of nitrogens with one attached hydrogen (secondary N) is 2. The highest BCUT2D eigenvalue weighted by Crippen LogP contribution is 2.22. The molecule has 0 unspecified atom stereocenters. The molecule has 2 rings (SSSR count). The van der Waals surface area contributed by atoms with Gasteiger partial charge in [-0.3, -0.25) is 0 Å². The van der Waals surface area contributed by atoms with Crippen LogP contribution in [-0.4, -0.2) is 101 Å². The van der Waals surface area contributed by atoms with Crippen LogP contribution in [0.5, 0.6) is 0 Å². The summed E-state index contributed by atoms with van der Waals surface area (Å²) in [5.41, 5.74) is 0. The molecule has 0 bridgehead atoms. The van der Waals surface area contributed by atoms with Crippen molar-refractivity contribution in [2.45, 2.75) is 70.7 Å². The van der Waals surface area contributed by atoms with Gasteiger partial charge >= 0.3 is 24.1 Å². The van der Waals surface area contributed by atoms with Gasteiger partial charge in [0.2, 0.25) is 0 Å². The molecule has 2 N–H and O–H groups in total. The third-order valence-electron chi connectivity index (χ3n) is 5.41. The number of rotatable bonds is 12. The number of carbonyl (C=O) groups excluding carboxylic acids is 4. The molecule has 0 aromatic heterocycles. The fourth-order valence-electron chi connectivity index (χ4n) is 3.28. The lowest BCUT2D eigenvalue weighted by molar-refractivity contribution is -0.280. The summed E-state index contributed by atoms with van der Waals surface area (Å²) in [6, 6.07) is 0. The smallest absolute Gasteiger partial charge is 0.407 e. The molecule has 0 saturated carbocycles. The molecule has 14 nitrogen and oxygen atoms in total. The molecule has 2 aliphatic rings. The van der Waals surface area contributed by atoms with E-state index in [-0.39, 0.29) is 39.6 Å². The minimum Gasteiger partial charge on any atom is -0.462 e. The van der Waals surface area contributed by atoms with Crippen molar-refractivity contribution in [1.82, 2.24) is 10.6 Å². The normalized spacial score (nSPS) is 27.5. The van der Waals surface area contributed by atoms with E-state index in [0.29, 0.717) is 25.9 Å². The summed E-state index contributed by atoms with van der Waals surface area (Å²) in [5, 5.41) is 5.27. The van der Waals surface area contributed by atoms with E-state index >= 15 is 0 Å². The molecule has 212 valence electrons. The molecule has 2 amide bonds. The Hall–Kier alpha value is -2.68. The molecule has 37 heavy (non-hydrogen) atoms. The lowest BCUT2D eigenvalue weighted by Gasteiger charge is -2.34. The molecular formula is C23H38N2O12. The topological polar surface area (TPSA) is 166 Å². The number of esters is 2. The molecule has 14 heteroatoms. The SMILES string of the molecule is CCOC(=O)C1(C)OCC(OC(=O)NCCCCCNC(=O)OC2COC(C)(C(=O)OCC)OC2)CO1. The van der Waals surface area contributed by atoms with E-state index in [1.165, 1.54) is 13.8 Å². The Kier molecular flexibility index (Phi) is 12.3. The Bertz CT molecular complexity index is 699. The fraction of sp³-hybridized carbons (Fsp3) is 0.826. The number of hydrogen-bond donors (Lipinski definition) is 2. The summed E-state index contributed by atoms with van der Waals surface area (Å²) in [5.74, 6) is -4.26. The number of unbranched alkanes of at least 4 members (excludes halogenated alkanes) is 2. The fourth-order valence-corrected chi connectivity index (χ4v) is 3.28. The zero-order valence-electron chi connectivity index (χ0n) is 21.8. The Morgan fingerprint density at radius 2 is 1.03 bits per heavy atom. The van der Waals surface area contributed by atoms with Gasteiger partial charge in [0.25, 0.3) is 11.6 Å². The first-order chi connectivity index (χ1) is 17.6. The maximum absolute atomic E-state index is 11.9. The minimum atomic E-state index is -1.50. The predicted molar refractivity (Wildman–Crippen MR) is 124 cm³/mol. The van der Waals surface area contributed by atoms with Crippen LogP contribution in [0.2, 0.25) is 0 Å². The number of alkyl carbamates (subject to hydrolysis) is 2. The zero-order chi connectivity index (χ0) is 27.3. The van der Waals surface area contributed by atoms with E-state index in [2.05, 4.69) is 10.6 Å². The van der Waals surface area contributed by atoms with Crippen LogP contribution in [0, 0.1) is 0 Å². The second kappa shape index (κ2) is 14.9. The Morgan fingerprint density at radius 3 is 1.35 bits per heavy atom. The van der Waals surface area contributed by atoms with Gasteiger partial charge in [-0.2, -0.15) is 0 Å². The standard InChI is InChI=1S/C23H38N2O12/c1-5-30-18(26)22(3)32-12-16(13-33-22)36-20(28)24-10-8-7-9-11-25-21(29)37-17-14-34-23(4,35-15-17)19(27)31-6-2/h16-17H,5-15H2,1-4H3,(H,24,28)(H,25,29). The summed E-state index contributed by atoms with van der Waals surface area (Å²) in [6.45, 7) is 7.48. The average molecular weight is 535 g/mol. The predicted octanol–water partition coefficient (Wildman–Crippen LogP) is 0.999. The van der Waals surface area contributed by atoms with E-state index in [4.69, 9.17) is 37.9 Å². The molecule has 2 heterocycles. The largest absolute Gasteiger partial charge is 0.462 e. The number of ether oxygens (including phenoxy) is 8. The van der Waals surface area contributed by atoms with E-state index in [1.54, 1.807) is 13.8 Å². The van der Waals surface area contributed by atoms with E-state index in [9.17, 15) is 19.2 Å². The van der Waals surface area contributed by atoms with Gasteiger partial charge in [-0.05, 0) is 33.1 Å². The van der Waals surface area contributed by atoms with Crippen molar-refractivity contribution in [1.29, 1.82) is 0 Å². The molecule has 0 spiro atoms. The summed E-state index contributed by atoms with van der Waals surface area (Å²) < 4.78 is 41.8. The lowest BCUT2D eigenvalue weighted by atomic mass is 10.2. The monoisotopic (exact) mass is 534 g/mol. The van der Waals surface area contributed by atoms with Gasteiger partial charge in [-0.15, -0.1) is 0 Å². The van der Waals surface area contributed by atoms with Crippen LogP contribution in [0.25, 0.3) is 0 Å². The van der Waals surface area contributed by atoms with Crippen molar-refractivity contribution < 1.29 is 57.1 Å². The molecule has 0 aliphatic carbocycles.